The van der Waals surface area contributed by atoms with Gasteiger partial charge in [0.2, 0.25) is 0 Å². The summed E-state index contributed by atoms with van der Waals surface area (Å²) in [7, 11) is 0. The third-order valence-electron chi connectivity index (χ3n) is 2.74. The van der Waals surface area contributed by atoms with Crippen LogP contribution >= 0.6 is 0 Å². The minimum atomic E-state index is -4.65. The Hall–Kier alpha value is -1.37. The van der Waals surface area contributed by atoms with Crippen LogP contribution in [0.15, 0.2) is 24.3 Å². The zero-order valence-electron chi connectivity index (χ0n) is 10.4. The molecule has 0 bridgehead atoms. The largest absolute Gasteiger partial charge is 0.434 e. The fraction of sp³-hybridized carbons (Fsp3) is 0.500. The van der Waals surface area contributed by atoms with Crippen molar-refractivity contribution in [1.29, 1.82) is 0 Å². The standard InChI is InChI=1S/C12H14F5NO/c1-3-18-11(2,12(15,16)17)8-6-4-5-7-9(8)19-10(13)14/h4-7,10,18H,3H2,1-2H3. The summed E-state index contributed by atoms with van der Waals surface area (Å²) in [5.41, 5.74) is -2.82. The Morgan fingerprint density at radius 3 is 2.26 bits per heavy atom. The van der Waals surface area contributed by atoms with Gasteiger partial charge in [0.05, 0.1) is 0 Å². The lowest BCUT2D eigenvalue weighted by Gasteiger charge is -2.34. The van der Waals surface area contributed by atoms with Gasteiger partial charge in [0, 0.05) is 5.56 Å². The first-order valence-electron chi connectivity index (χ1n) is 5.58. The lowest BCUT2D eigenvalue weighted by atomic mass is 9.90. The molecular weight excluding hydrogens is 269 g/mol. The van der Waals surface area contributed by atoms with Gasteiger partial charge in [-0.1, -0.05) is 25.1 Å². The summed E-state index contributed by atoms with van der Waals surface area (Å²) in [6.07, 6.45) is -4.65. The van der Waals surface area contributed by atoms with Crippen molar-refractivity contribution in [3.05, 3.63) is 29.8 Å². The predicted molar refractivity (Wildman–Crippen MR) is 60.2 cm³/mol. The highest BCUT2D eigenvalue weighted by atomic mass is 19.4. The van der Waals surface area contributed by atoms with Gasteiger partial charge in [-0.25, -0.2) is 0 Å². The van der Waals surface area contributed by atoms with Crippen molar-refractivity contribution in [2.75, 3.05) is 6.54 Å². The highest BCUT2D eigenvalue weighted by Gasteiger charge is 2.53. The lowest BCUT2D eigenvalue weighted by Crippen LogP contribution is -2.51. The van der Waals surface area contributed by atoms with Crippen LogP contribution in [-0.2, 0) is 5.54 Å². The first-order chi connectivity index (χ1) is 8.72. The number of alkyl halides is 5. The van der Waals surface area contributed by atoms with Gasteiger partial charge in [0.25, 0.3) is 0 Å². The first kappa shape index (κ1) is 15.7. The van der Waals surface area contributed by atoms with Crippen LogP contribution in [0.1, 0.15) is 19.4 Å². The van der Waals surface area contributed by atoms with Gasteiger partial charge >= 0.3 is 12.8 Å². The fourth-order valence-corrected chi connectivity index (χ4v) is 1.78. The number of hydrogen-bond acceptors (Lipinski definition) is 2. The Morgan fingerprint density at radius 1 is 1.21 bits per heavy atom. The normalized spacial score (nSPS) is 15.4. The van der Waals surface area contributed by atoms with Crippen LogP contribution in [0.4, 0.5) is 22.0 Å². The summed E-state index contributed by atoms with van der Waals surface area (Å²) in [6, 6.07) is 4.88. The maximum absolute atomic E-state index is 13.2. The molecule has 0 heterocycles. The lowest BCUT2D eigenvalue weighted by molar-refractivity contribution is -0.196. The van der Waals surface area contributed by atoms with Crippen LogP contribution < -0.4 is 10.1 Å². The van der Waals surface area contributed by atoms with Crippen LogP contribution in [0.5, 0.6) is 5.75 Å². The Labute approximate surface area is 107 Å². The number of benzene rings is 1. The number of hydrogen-bond donors (Lipinski definition) is 1. The van der Waals surface area contributed by atoms with Gasteiger partial charge in [-0.15, -0.1) is 0 Å². The van der Waals surface area contributed by atoms with Crippen molar-refractivity contribution >= 4 is 0 Å². The molecule has 2 nitrogen and oxygen atoms in total. The van der Waals surface area contributed by atoms with E-state index < -0.39 is 24.1 Å². The van der Waals surface area contributed by atoms with Crippen LogP contribution in [0.3, 0.4) is 0 Å². The maximum atomic E-state index is 13.2. The van der Waals surface area contributed by atoms with E-state index in [0.29, 0.717) is 0 Å². The molecule has 1 aromatic carbocycles. The molecular formula is C12H14F5NO. The molecule has 0 fully saturated rings. The SMILES string of the molecule is CCNC(C)(c1ccccc1OC(F)F)C(F)(F)F. The van der Waals surface area contributed by atoms with E-state index in [1.165, 1.54) is 19.1 Å². The highest BCUT2D eigenvalue weighted by molar-refractivity contribution is 5.40. The monoisotopic (exact) mass is 283 g/mol. The summed E-state index contributed by atoms with van der Waals surface area (Å²) < 4.78 is 68.2. The van der Waals surface area contributed by atoms with Crippen molar-refractivity contribution in [3.8, 4) is 5.75 Å². The predicted octanol–water partition coefficient (Wildman–Crippen LogP) is 3.68. The van der Waals surface area contributed by atoms with E-state index in [4.69, 9.17) is 0 Å². The van der Waals surface area contributed by atoms with Gasteiger partial charge in [-0.3, -0.25) is 0 Å². The number of nitrogens with one attached hydrogen (secondary N) is 1. The smallest absolute Gasteiger partial charge is 0.410 e. The molecule has 1 rings (SSSR count). The topological polar surface area (TPSA) is 21.3 Å². The van der Waals surface area contributed by atoms with Gasteiger partial charge < -0.3 is 10.1 Å². The molecule has 0 aliphatic rings. The summed E-state index contributed by atoms with van der Waals surface area (Å²) in [6.45, 7) is -0.760. The van der Waals surface area contributed by atoms with Gasteiger partial charge in [0.15, 0.2) is 0 Å². The molecule has 1 N–H and O–H groups in total. The Balaban J connectivity index is 3.31. The van der Waals surface area contributed by atoms with E-state index >= 15 is 0 Å². The first-order valence-corrected chi connectivity index (χ1v) is 5.58. The molecule has 0 aliphatic carbocycles. The van der Waals surface area contributed by atoms with Crippen LogP contribution in [0, 0.1) is 0 Å². The molecule has 1 aromatic rings. The summed E-state index contributed by atoms with van der Waals surface area (Å²) in [5.74, 6) is -0.488. The van der Waals surface area contributed by atoms with Crippen molar-refractivity contribution < 1.29 is 26.7 Å². The van der Waals surface area contributed by atoms with Crippen molar-refractivity contribution in [1.82, 2.24) is 5.32 Å². The van der Waals surface area contributed by atoms with Crippen molar-refractivity contribution in [3.63, 3.8) is 0 Å². The third kappa shape index (κ3) is 3.34. The molecule has 19 heavy (non-hydrogen) atoms. The number of halogens is 5. The molecule has 0 radical (unpaired) electrons. The molecule has 108 valence electrons. The second-order valence-corrected chi connectivity index (χ2v) is 4.03. The minimum Gasteiger partial charge on any atom is -0.434 e. The molecule has 1 unspecified atom stereocenters. The van der Waals surface area contributed by atoms with E-state index in [9.17, 15) is 22.0 Å². The maximum Gasteiger partial charge on any atom is 0.410 e. The average molecular weight is 283 g/mol. The number of para-hydroxylation sites is 1. The Morgan fingerprint density at radius 2 is 1.79 bits per heavy atom. The molecule has 1 atom stereocenters. The second-order valence-electron chi connectivity index (χ2n) is 4.03. The van der Waals surface area contributed by atoms with E-state index in [-0.39, 0.29) is 12.1 Å². The average Bonchev–Trinajstić information content (AvgIpc) is 2.27. The van der Waals surface area contributed by atoms with E-state index in [0.717, 1.165) is 19.1 Å². The van der Waals surface area contributed by atoms with E-state index in [1.54, 1.807) is 0 Å². The summed E-state index contributed by atoms with van der Waals surface area (Å²) in [5, 5.41) is 2.28. The zero-order chi connectivity index (χ0) is 14.7. The summed E-state index contributed by atoms with van der Waals surface area (Å²) in [4.78, 5) is 0. The Kier molecular flexibility index (Phi) is 4.73. The van der Waals surface area contributed by atoms with Crippen LogP contribution in [0.25, 0.3) is 0 Å². The van der Waals surface area contributed by atoms with Crippen LogP contribution in [0.2, 0.25) is 0 Å². The van der Waals surface area contributed by atoms with E-state index in [1.807, 2.05) is 0 Å². The van der Waals surface area contributed by atoms with Crippen molar-refractivity contribution in [2.24, 2.45) is 0 Å². The molecule has 0 amide bonds. The molecule has 0 saturated carbocycles. The molecule has 0 aromatic heterocycles. The van der Waals surface area contributed by atoms with Crippen LogP contribution in [-0.4, -0.2) is 19.3 Å². The van der Waals surface area contributed by atoms with Gasteiger partial charge in [-0.2, -0.15) is 22.0 Å². The zero-order valence-corrected chi connectivity index (χ0v) is 10.4. The second kappa shape index (κ2) is 5.73. The van der Waals surface area contributed by atoms with E-state index in [2.05, 4.69) is 10.1 Å². The summed E-state index contributed by atoms with van der Waals surface area (Å²) >= 11 is 0. The molecule has 7 heteroatoms. The number of ether oxygens (including phenoxy) is 1. The molecule has 0 saturated heterocycles. The minimum absolute atomic E-state index is 0.0268. The number of rotatable bonds is 5. The quantitative estimate of drug-likeness (QED) is 0.832. The van der Waals surface area contributed by atoms with Gasteiger partial charge in [0.1, 0.15) is 11.3 Å². The highest BCUT2D eigenvalue weighted by Crippen LogP contribution is 2.42. The molecule has 0 aliphatic heterocycles. The fourth-order valence-electron chi connectivity index (χ4n) is 1.78. The Bertz CT molecular complexity index is 421. The van der Waals surface area contributed by atoms with Crippen molar-refractivity contribution in [2.45, 2.75) is 32.2 Å². The third-order valence-corrected chi connectivity index (χ3v) is 2.74. The van der Waals surface area contributed by atoms with Gasteiger partial charge in [-0.05, 0) is 19.5 Å². The molecule has 0 spiro atoms.